The molecule has 0 aromatic carbocycles. The van der Waals surface area contributed by atoms with E-state index in [0.717, 1.165) is 0 Å². The average Bonchev–Trinajstić information content (AvgIpc) is 2.65. The van der Waals surface area contributed by atoms with Crippen LogP contribution in [0.15, 0.2) is 12.2 Å². The molecule has 1 aliphatic carbocycles. The van der Waals surface area contributed by atoms with E-state index in [1.807, 2.05) is 13.8 Å². The number of aliphatic carboxylic acids is 1. The van der Waals surface area contributed by atoms with Crippen LogP contribution < -0.4 is 0 Å². The SMILES string of the molecule is CCOC(=O)/C=C\C1[C@@H](C(=O)O)C1(C)C. The molecule has 84 valence electrons. The number of hydrogen-bond acceptors (Lipinski definition) is 3. The topological polar surface area (TPSA) is 63.6 Å². The van der Waals surface area contributed by atoms with Gasteiger partial charge in [-0.2, -0.15) is 0 Å². The normalized spacial score (nSPS) is 27.7. The molecule has 15 heavy (non-hydrogen) atoms. The summed E-state index contributed by atoms with van der Waals surface area (Å²) in [6, 6.07) is 0. The van der Waals surface area contributed by atoms with Gasteiger partial charge in [-0.1, -0.05) is 19.9 Å². The van der Waals surface area contributed by atoms with Crippen LogP contribution in [0.25, 0.3) is 0 Å². The first kappa shape index (κ1) is 11.8. The highest BCUT2D eigenvalue weighted by Gasteiger charge is 2.60. The maximum atomic E-state index is 11.0. The van der Waals surface area contributed by atoms with E-state index in [1.54, 1.807) is 13.0 Å². The molecule has 0 aliphatic heterocycles. The Morgan fingerprint density at radius 1 is 1.47 bits per heavy atom. The lowest BCUT2D eigenvalue weighted by Gasteiger charge is -1.97. The van der Waals surface area contributed by atoms with Crippen LogP contribution in [0, 0.1) is 17.3 Å². The summed E-state index contributed by atoms with van der Waals surface area (Å²) in [6.07, 6.45) is 2.95. The molecule has 0 aromatic heterocycles. The van der Waals surface area contributed by atoms with Gasteiger partial charge in [0.1, 0.15) is 0 Å². The van der Waals surface area contributed by atoms with E-state index in [0.29, 0.717) is 6.61 Å². The van der Waals surface area contributed by atoms with Crippen molar-refractivity contribution in [2.75, 3.05) is 6.61 Å². The maximum Gasteiger partial charge on any atom is 0.330 e. The summed E-state index contributed by atoms with van der Waals surface area (Å²) in [7, 11) is 0. The van der Waals surface area contributed by atoms with Gasteiger partial charge < -0.3 is 9.84 Å². The minimum atomic E-state index is -0.807. The van der Waals surface area contributed by atoms with Gasteiger partial charge in [0.25, 0.3) is 0 Å². The minimum Gasteiger partial charge on any atom is -0.481 e. The average molecular weight is 212 g/mol. The highest BCUT2D eigenvalue weighted by atomic mass is 16.5. The second kappa shape index (κ2) is 4.04. The molecule has 1 saturated carbocycles. The van der Waals surface area contributed by atoms with Gasteiger partial charge in [-0.05, 0) is 18.3 Å². The fourth-order valence-electron chi connectivity index (χ4n) is 1.88. The Morgan fingerprint density at radius 3 is 2.47 bits per heavy atom. The molecule has 4 heteroatoms. The number of carbonyl (C=O) groups is 2. The third-order valence-corrected chi connectivity index (χ3v) is 2.90. The first-order valence-corrected chi connectivity index (χ1v) is 4.99. The van der Waals surface area contributed by atoms with Crippen molar-refractivity contribution in [2.24, 2.45) is 17.3 Å². The fourth-order valence-corrected chi connectivity index (χ4v) is 1.88. The summed E-state index contributed by atoms with van der Waals surface area (Å²) in [4.78, 5) is 21.8. The quantitative estimate of drug-likeness (QED) is 0.566. The first-order chi connectivity index (χ1) is 6.91. The fraction of sp³-hybridized carbons (Fsp3) is 0.636. The predicted octanol–water partition coefficient (Wildman–Crippen LogP) is 1.46. The number of carbonyl (C=O) groups excluding carboxylic acids is 1. The lowest BCUT2D eigenvalue weighted by molar-refractivity contribution is -0.140. The lowest BCUT2D eigenvalue weighted by atomic mass is 10.1. The van der Waals surface area contributed by atoms with Gasteiger partial charge in [0.2, 0.25) is 0 Å². The Bertz CT molecular complexity index is 304. The number of rotatable bonds is 4. The highest BCUT2D eigenvalue weighted by molar-refractivity contribution is 5.83. The summed E-state index contributed by atoms with van der Waals surface area (Å²) in [5.41, 5.74) is -0.255. The van der Waals surface area contributed by atoms with Gasteiger partial charge in [-0.15, -0.1) is 0 Å². The summed E-state index contributed by atoms with van der Waals surface area (Å²) in [5, 5.41) is 8.88. The van der Waals surface area contributed by atoms with Crippen LogP contribution in [0.5, 0.6) is 0 Å². The van der Waals surface area contributed by atoms with E-state index < -0.39 is 11.9 Å². The van der Waals surface area contributed by atoms with Gasteiger partial charge in [-0.3, -0.25) is 4.79 Å². The van der Waals surface area contributed by atoms with E-state index in [4.69, 9.17) is 9.84 Å². The third-order valence-electron chi connectivity index (χ3n) is 2.90. The molecule has 0 spiro atoms. The molecule has 1 unspecified atom stereocenters. The summed E-state index contributed by atoms with van der Waals surface area (Å²) < 4.78 is 4.71. The Balaban J connectivity index is 2.55. The molecule has 1 aliphatic rings. The molecule has 0 bridgehead atoms. The van der Waals surface area contributed by atoms with Crippen molar-refractivity contribution in [2.45, 2.75) is 20.8 Å². The van der Waals surface area contributed by atoms with Crippen molar-refractivity contribution in [3.63, 3.8) is 0 Å². The number of carboxylic acids is 1. The van der Waals surface area contributed by atoms with E-state index >= 15 is 0 Å². The Kier molecular flexibility index (Phi) is 3.17. The molecule has 0 heterocycles. The molecular weight excluding hydrogens is 196 g/mol. The van der Waals surface area contributed by atoms with E-state index in [1.165, 1.54) is 6.08 Å². The van der Waals surface area contributed by atoms with Gasteiger partial charge in [0, 0.05) is 6.08 Å². The Hall–Kier alpha value is -1.32. The van der Waals surface area contributed by atoms with Crippen molar-refractivity contribution in [1.82, 2.24) is 0 Å². The third kappa shape index (κ3) is 2.37. The highest BCUT2D eigenvalue weighted by Crippen LogP contribution is 2.58. The van der Waals surface area contributed by atoms with Crippen molar-refractivity contribution in [1.29, 1.82) is 0 Å². The molecule has 1 fully saturated rings. The van der Waals surface area contributed by atoms with Gasteiger partial charge in [-0.25, -0.2) is 4.79 Å². The van der Waals surface area contributed by atoms with Gasteiger partial charge in [0.15, 0.2) is 0 Å². The van der Waals surface area contributed by atoms with Crippen LogP contribution in [0.2, 0.25) is 0 Å². The first-order valence-electron chi connectivity index (χ1n) is 4.99. The number of ether oxygens (including phenoxy) is 1. The number of carboxylic acid groups (broad SMARTS) is 1. The van der Waals surface area contributed by atoms with Crippen LogP contribution in [-0.4, -0.2) is 23.7 Å². The van der Waals surface area contributed by atoms with Crippen LogP contribution in [0.1, 0.15) is 20.8 Å². The molecular formula is C11H16O4. The molecule has 0 saturated heterocycles. The standard InChI is InChI=1S/C11H16O4/c1-4-15-8(12)6-5-7-9(10(13)14)11(7,2)3/h5-7,9H,4H2,1-3H3,(H,13,14)/b6-5-/t7?,9-/m0/s1. The van der Waals surface area contributed by atoms with Gasteiger partial charge >= 0.3 is 11.9 Å². The number of esters is 1. The monoisotopic (exact) mass is 212 g/mol. The molecule has 0 radical (unpaired) electrons. The second-order valence-electron chi connectivity index (χ2n) is 4.27. The van der Waals surface area contributed by atoms with Crippen LogP contribution in [0.4, 0.5) is 0 Å². The van der Waals surface area contributed by atoms with Crippen LogP contribution in [0.3, 0.4) is 0 Å². The lowest BCUT2D eigenvalue weighted by Crippen LogP contribution is -2.03. The molecule has 2 atom stereocenters. The van der Waals surface area contributed by atoms with E-state index in [9.17, 15) is 9.59 Å². The van der Waals surface area contributed by atoms with Crippen LogP contribution in [-0.2, 0) is 14.3 Å². The van der Waals surface area contributed by atoms with Crippen LogP contribution >= 0.6 is 0 Å². The van der Waals surface area contributed by atoms with E-state index in [-0.39, 0.29) is 17.3 Å². The number of hydrogen-bond donors (Lipinski definition) is 1. The van der Waals surface area contributed by atoms with Gasteiger partial charge in [0.05, 0.1) is 12.5 Å². The second-order valence-corrected chi connectivity index (χ2v) is 4.27. The zero-order valence-electron chi connectivity index (χ0n) is 9.19. The van der Waals surface area contributed by atoms with Crippen molar-refractivity contribution >= 4 is 11.9 Å². The largest absolute Gasteiger partial charge is 0.481 e. The summed E-state index contributed by atoms with van der Waals surface area (Å²) in [5.74, 6) is -1.68. The van der Waals surface area contributed by atoms with Crippen molar-refractivity contribution in [3.05, 3.63) is 12.2 Å². The Labute approximate surface area is 88.9 Å². The molecule has 0 aromatic rings. The van der Waals surface area contributed by atoms with Crippen molar-refractivity contribution in [3.8, 4) is 0 Å². The Morgan fingerprint density at radius 2 is 2.07 bits per heavy atom. The number of allylic oxidation sites excluding steroid dienone is 1. The minimum absolute atomic E-state index is 0.0700. The smallest absolute Gasteiger partial charge is 0.330 e. The molecule has 1 N–H and O–H groups in total. The summed E-state index contributed by atoms with van der Waals surface area (Å²) >= 11 is 0. The molecule has 1 rings (SSSR count). The predicted molar refractivity (Wildman–Crippen MR) is 54.2 cm³/mol. The van der Waals surface area contributed by atoms with E-state index in [2.05, 4.69) is 0 Å². The zero-order chi connectivity index (χ0) is 11.6. The molecule has 4 nitrogen and oxygen atoms in total. The summed E-state index contributed by atoms with van der Waals surface area (Å²) in [6.45, 7) is 5.82. The molecule has 0 amide bonds. The maximum absolute atomic E-state index is 11.0. The zero-order valence-corrected chi connectivity index (χ0v) is 9.19. The van der Waals surface area contributed by atoms with Crippen molar-refractivity contribution < 1.29 is 19.4 Å².